The molecule has 0 saturated heterocycles. The molecule has 0 heterocycles. The van der Waals surface area contributed by atoms with Gasteiger partial charge in [0.05, 0.1) is 10.2 Å². The van der Waals surface area contributed by atoms with Crippen LogP contribution in [0, 0.1) is 30.6 Å². The first-order chi connectivity index (χ1) is 5.20. The van der Waals surface area contributed by atoms with E-state index in [1.807, 2.05) is 0 Å². The van der Waals surface area contributed by atoms with Gasteiger partial charge in [0.15, 0.2) is 0 Å². The molecule has 0 spiro atoms. The molecule has 0 saturated carbocycles. The monoisotopic (exact) mass is 289 g/mol. The number of hydrogen-bond donors (Lipinski definition) is 0. The molecule has 13 heavy (non-hydrogen) atoms. The minimum Gasteiger partial charge on any atom is -0.550 e. The first-order valence-electron chi connectivity index (χ1n) is 2.00. The zero-order chi connectivity index (χ0) is 10.7. The molecular weight excluding hydrogens is 286 g/mol. The average Bonchev–Trinajstić information content (AvgIpc) is 1.54. The van der Waals surface area contributed by atoms with E-state index < -0.39 is 16.1 Å². The first-order valence-corrected chi connectivity index (χ1v) is 2.00. The fourth-order valence-corrected chi connectivity index (χ4v) is 0. The fourth-order valence-electron chi connectivity index (χ4n) is 0. The maximum absolute atomic E-state index is 8.89. The van der Waals surface area contributed by atoms with Crippen LogP contribution in [0.15, 0.2) is 0 Å². The van der Waals surface area contributed by atoms with E-state index in [1.54, 1.807) is 0 Å². The summed E-state index contributed by atoms with van der Waals surface area (Å²) >= 11 is 0. The molecule has 0 radical (unpaired) electrons. The summed E-state index contributed by atoms with van der Waals surface area (Å²) in [5.41, 5.74) is 0. The summed E-state index contributed by atoms with van der Waals surface area (Å²) in [6.07, 6.45) is 0. The molecule has 0 rings (SSSR count). The van der Waals surface area contributed by atoms with Gasteiger partial charge in [-0.3, -0.25) is 0 Å². The molecular formula is C2H3N2O8Pd-3. The molecule has 0 atom stereocenters. The van der Waals surface area contributed by atoms with Gasteiger partial charge in [-0.25, -0.2) is 0 Å². The van der Waals surface area contributed by atoms with E-state index in [2.05, 4.69) is 0 Å². The van der Waals surface area contributed by atoms with E-state index >= 15 is 0 Å². The van der Waals surface area contributed by atoms with Gasteiger partial charge in [-0.2, -0.15) is 0 Å². The predicted octanol–water partition coefficient (Wildman–Crippen LogP) is -1.72. The number of rotatable bonds is 0. The van der Waals surface area contributed by atoms with Gasteiger partial charge in [0.1, 0.15) is 0 Å². The van der Waals surface area contributed by atoms with Gasteiger partial charge in [-0.15, -0.1) is 0 Å². The van der Waals surface area contributed by atoms with Crippen molar-refractivity contribution in [3.63, 3.8) is 0 Å². The van der Waals surface area contributed by atoms with Gasteiger partial charge in [0.2, 0.25) is 0 Å². The van der Waals surface area contributed by atoms with Crippen LogP contribution < -0.4 is 5.11 Å². The van der Waals surface area contributed by atoms with Crippen molar-refractivity contribution in [1.82, 2.24) is 0 Å². The molecule has 0 N–H and O–H groups in total. The Morgan fingerprint density at radius 1 is 1.00 bits per heavy atom. The van der Waals surface area contributed by atoms with E-state index in [0.717, 1.165) is 6.92 Å². The SMILES string of the molecule is CC(=O)[O-].O=[N+]([O-])[O-].O=[N+]([O-])[O-].[Pd]. The molecule has 0 amide bonds. The summed E-state index contributed by atoms with van der Waals surface area (Å²) in [6, 6.07) is 0. The summed E-state index contributed by atoms with van der Waals surface area (Å²) in [5, 5.41) is 38.4. The summed E-state index contributed by atoms with van der Waals surface area (Å²) in [6.45, 7) is 0.972. The van der Waals surface area contributed by atoms with Crippen LogP contribution in [0.3, 0.4) is 0 Å². The van der Waals surface area contributed by atoms with Gasteiger partial charge in [-0.1, -0.05) is 0 Å². The van der Waals surface area contributed by atoms with Crippen LogP contribution in [0.4, 0.5) is 0 Å². The number of aliphatic carboxylic acids is 1. The van der Waals surface area contributed by atoms with Crippen LogP contribution in [0.5, 0.6) is 0 Å². The maximum Gasteiger partial charge on any atom is 0.0689 e. The number of nitrogens with zero attached hydrogens (tertiary/aromatic N) is 2. The van der Waals surface area contributed by atoms with Crippen molar-refractivity contribution in [3.05, 3.63) is 30.6 Å². The Morgan fingerprint density at radius 2 is 1.00 bits per heavy atom. The molecule has 0 unspecified atom stereocenters. The van der Waals surface area contributed by atoms with Crippen molar-refractivity contribution in [1.29, 1.82) is 0 Å². The van der Waals surface area contributed by atoms with Crippen LogP contribution in [-0.2, 0) is 25.2 Å². The van der Waals surface area contributed by atoms with Gasteiger partial charge >= 0.3 is 0 Å². The standard InChI is InChI=1S/C2H4O2.2NO3.Pd/c1-2(3)4;2*2-1(3)4;/h1H3,(H,3,4);;;/q;2*-1;/p-1. The Balaban J connectivity index is -0.0000000450. The number of carboxylic acids is 1. The van der Waals surface area contributed by atoms with Crippen molar-refractivity contribution in [2.75, 3.05) is 0 Å². The zero-order valence-corrected chi connectivity index (χ0v) is 7.53. The Morgan fingerprint density at radius 3 is 1.00 bits per heavy atom. The van der Waals surface area contributed by atoms with Crippen LogP contribution in [0.25, 0.3) is 0 Å². The largest absolute Gasteiger partial charge is 0.550 e. The molecule has 0 aromatic heterocycles. The maximum atomic E-state index is 8.89. The van der Waals surface area contributed by atoms with Gasteiger partial charge < -0.3 is 40.5 Å². The molecule has 0 aliphatic rings. The summed E-state index contributed by atoms with van der Waals surface area (Å²) in [4.78, 5) is 25.4. The second-order valence-corrected chi connectivity index (χ2v) is 0.939. The second kappa shape index (κ2) is 16.9. The molecule has 0 aromatic rings. The zero-order valence-electron chi connectivity index (χ0n) is 5.98. The van der Waals surface area contributed by atoms with Crippen LogP contribution in [0.2, 0.25) is 0 Å². The van der Waals surface area contributed by atoms with Crippen LogP contribution >= 0.6 is 0 Å². The molecule has 0 aromatic carbocycles. The van der Waals surface area contributed by atoms with E-state index in [4.69, 9.17) is 40.5 Å². The molecule has 0 aliphatic heterocycles. The molecule has 11 heteroatoms. The topological polar surface area (TPSA) is 173 Å². The van der Waals surface area contributed by atoms with Crippen molar-refractivity contribution in [2.45, 2.75) is 6.92 Å². The van der Waals surface area contributed by atoms with Crippen LogP contribution in [-0.4, -0.2) is 16.1 Å². The van der Waals surface area contributed by atoms with Gasteiger partial charge in [0.25, 0.3) is 0 Å². The van der Waals surface area contributed by atoms with E-state index in [-0.39, 0.29) is 20.4 Å². The summed E-state index contributed by atoms with van der Waals surface area (Å²) in [7, 11) is 0. The quantitative estimate of drug-likeness (QED) is 0.287. The van der Waals surface area contributed by atoms with Gasteiger partial charge in [0, 0.05) is 26.4 Å². The molecule has 0 aliphatic carbocycles. The van der Waals surface area contributed by atoms with Crippen molar-refractivity contribution in [3.8, 4) is 0 Å². The third-order valence-electron chi connectivity index (χ3n) is 0. The predicted molar refractivity (Wildman–Crippen MR) is 31.4 cm³/mol. The minimum atomic E-state index is -1.75. The van der Waals surface area contributed by atoms with Crippen LogP contribution in [0.1, 0.15) is 6.92 Å². The minimum absolute atomic E-state index is 0. The first kappa shape index (κ1) is 22.5. The molecule has 10 nitrogen and oxygen atoms in total. The number of hydrogen-bond acceptors (Lipinski definition) is 8. The normalized spacial score (nSPS) is 5.62. The molecule has 82 valence electrons. The van der Waals surface area contributed by atoms with Crippen molar-refractivity contribution < 1.29 is 40.5 Å². The summed E-state index contributed by atoms with van der Waals surface area (Å²) < 4.78 is 0. The molecule has 0 bridgehead atoms. The fraction of sp³-hybridized carbons (Fsp3) is 0.500. The number of carbonyl (C=O) groups is 1. The Kier molecular flexibility index (Phi) is 29.3. The van der Waals surface area contributed by atoms with Crippen molar-refractivity contribution in [2.24, 2.45) is 0 Å². The Labute approximate surface area is 84.7 Å². The van der Waals surface area contributed by atoms with Gasteiger partial charge in [-0.05, 0) is 6.92 Å². The van der Waals surface area contributed by atoms with E-state index in [9.17, 15) is 0 Å². The number of carboxylic acid groups (broad SMARTS) is 1. The van der Waals surface area contributed by atoms with E-state index in [1.165, 1.54) is 0 Å². The third kappa shape index (κ3) is 356. The second-order valence-electron chi connectivity index (χ2n) is 0.939. The Bertz CT molecular complexity index is 118. The molecule has 0 fully saturated rings. The number of carbonyl (C=O) groups excluding carboxylic acids is 1. The average molecular weight is 289 g/mol. The summed E-state index contributed by atoms with van der Waals surface area (Å²) in [5.74, 6) is -1.08. The third-order valence-corrected chi connectivity index (χ3v) is 0. The van der Waals surface area contributed by atoms with Crippen molar-refractivity contribution >= 4 is 5.97 Å². The Hall–Kier alpha value is -1.47. The van der Waals surface area contributed by atoms with E-state index in [0.29, 0.717) is 0 Å². The smallest absolute Gasteiger partial charge is 0.0689 e.